The first-order chi connectivity index (χ1) is 5.93. The van der Waals surface area contributed by atoms with E-state index < -0.39 is 23.0 Å². The average molecular weight is 186 g/mol. The number of carboxylic acid groups (broad SMARTS) is 1. The quantitative estimate of drug-likeness (QED) is 0.651. The molecule has 0 saturated carbocycles. The molecule has 4 heteroatoms. The number of carboxylic acids is 1. The summed E-state index contributed by atoms with van der Waals surface area (Å²) >= 11 is 0. The molecule has 0 bridgehead atoms. The molecular weight excluding hydrogens is 172 g/mol. The number of carbonyl (C=O) groups excluding carboxylic acids is 2. The molecule has 0 aromatic rings. The molecule has 1 atom stereocenters. The van der Waals surface area contributed by atoms with Gasteiger partial charge in [-0.3, -0.25) is 14.4 Å². The summed E-state index contributed by atoms with van der Waals surface area (Å²) in [7, 11) is 0. The van der Waals surface area contributed by atoms with Crippen molar-refractivity contribution in [2.45, 2.75) is 33.6 Å². The highest BCUT2D eigenvalue weighted by molar-refractivity contribution is 6.21. The molecule has 74 valence electrons. The first-order valence-electron chi connectivity index (χ1n) is 4.21. The molecule has 0 aromatic heterocycles. The van der Waals surface area contributed by atoms with Crippen molar-refractivity contribution < 1.29 is 19.5 Å². The van der Waals surface area contributed by atoms with E-state index in [1.807, 2.05) is 0 Å². The number of aliphatic carboxylic acids is 1. The van der Waals surface area contributed by atoms with Crippen LogP contribution in [0.1, 0.15) is 33.6 Å². The van der Waals surface area contributed by atoms with Gasteiger partial charge in [-0.15, -0.1) is 0 Å². The molecule has 0 aromatic carbocycles. The largest absolute Gasteiger partial charge is 0.480 e. The Hall–Kier alpha value is -1.19. The predicted molar refractivity (Wildman–Crippen MR) is 46.3 cm³/mol. The van der Waals surface area contributed by atoms with E-state index in [4.69, 9.17) is 5.11 Å². The first kappa shape index (κ1) is 11.8. The van der Waals surface area contributed by atoms with Crippen LogP contribution in [0, 0.1) is 5.41 Å². The Morgan fingerprint density at radius 3 is 1.77 bits per heavy atom. The molecule has 4 nitrogen and oxygen atoms in total. The maximum Gasteiger partial charge on any atom is 0.324 e. The number of rotatable bonds is 5. The van der Waals surface area contributed by atoms with Crippen LogP contribution in [-0.2, 0) is 14.4 Å². The minimum Gasteiger partial charge on any atom is -0.480 e. The van der Waals surface area contributed by atoms with Crippen LogP contribution < -0.4 is 0 Å². The van der Waals surface area contributed by atoms with E-state index in [1.54, 1.807) is 6.92 Å². The van der Waals surface area contributed by atoms with Crippen molar-refractivity contribution in [3.63, 3.8) is 0 Å². The summed E-state index contributed by atoms with van der Waals surface area (Å²) in [5, 5.41) is 8.85. The lowest BCUT2D eigenvalue weighted by atomic mass is 9.76. The molecule has 0 amide bonds. The summed E-state index contributed by atoms with van der Waals surface area (Å²) in [4.78, 5) is 33.3. The molecule has 0 saturated heterocycles. The van der Waals surface area contributed by atoms with Crippen LogP contribution in [0.15, 0.2) is 0 Å². The van der Waals surface area contributed by atoms with Crippen LogP contribution in [0.5, 0.6) is 0 Å². The molecule has 1 N–H and O–H groups in total. The van der Waals surface area contributed by atoms with Crippen molar-refractivity contribution in [1.29, 1.82) is 0 Å². The average Bonchev–Trinajstić information content (AvgIpc) is 2.04. The predicted octanol–water partition coefficient (Wildman–Crippen LogP) is 1.04. The fourth-order valence-corrected chi connectivity index (χ4v) is 1.37. The molecule has 0 aliphatic carbocycles. The van der Waals surface area contributed by atoms with Crippen LogP contribution in [0.4, 0.5) is 0 Å². The van der Waals surface area contributed by atoms with Gasteiger partial charge in [-0.25, -0.2) is 0 Å². The maximum atomic E-state index is 11.3. The maximum absolute atomic E-state index is 11.3. The summed E-state index contributed by atoms with van der Waals surface area (Å²) in [6, 6.07) is 0. The van der Waals surface area contributed by atoms with Gasteiger partial charge in [0.15, 0.2) is 17.0 Å². The van der Waals surface area contributed by atoms with Gasteiger partial charge < -0.3 is 5.11 Å². The van der Waals surface area contributed by atoms with E-state index in [9.17, 15) is 14.4 Å². The van der Waals surface area contributed by atoms with E-state index in [-0.39, 0.29) is 12.8 Å². The van der Waals surface area contributed by atoms with Crippen molar-refractivity contribution in [3.05, 3.63) is 0 Å². The normalized spacial score (nSPS) is 14.7. The van der Waals surface area contributed by atoms with Crippen LogP contribution in [0.25, 0.3) is 0 Å². The summed E-state index contributed by atoms with van der Waals surface area (Å²) in [6.07, 6.45) is 0.0874. The molecule has 0 rings (SSSR count). The van der Waals surface area contributed by atoms with Gasteiger partial charge in [0, 0.05) is 6.42 Å². The topological polar surface area (TPSA) is 71.4 Å². The van der Waals surface area contributed by atoms with Gasteiger partial charge in [0.1, 0.15) is 0 Å². The molecule has 0 radical (unpaired) electrons. The Balaban J connectivity index is 5.23. The minimum absolute atomic E-state index is 0.0182. The zero-order valence-corrected chi connectivity index (χ0v) is 8.09. The van der Waals surface area contributed by atoms with Crippen LogP contribution >= 0.6 is 0 Å². The first-order valence-corrected chi connectivity index (χ1v) is 4.21. The number of ketones is 2. The number of carbonyl (C=O) groups is 3. The highest BCUT2D eigenvalue weighted by Gasteiger charge is 2.47. The van der Waals surface area contributed by atoms with Gasteiger partial charge in [0.25, 0.3) is 0 Å². The Bertz CT molecular complexity index is 228. The van der Waals surface area contributed by atoms with Crippen molar-refractivity contribution in [2.75, 3.05) is 0 Å². The molecule has 0 heterocycles. The number of hydrogen-bond donors (Lipinski definition) is 1. The van der Waals surface area contributed by atoms with Crippen LogP contribution in [-0.4, -0.2) is 22.6 Å². The van der Waals surface area contributed by atoms with Crippen molar-refractivity contribution in [1.82, 2.24) is 0 Å². The Morgan fingerprint density at radius 2 is 1.69 bits per heavy atom. The summed E-state index contributed by atoms with van der Waals surface area (Å²) < 4.78 is 0. The zero-order valence-electron chi connectivity index (χ0n) is 8.09. The Kier molecular flexibility index (Phi) is 3.78. The van der Waals surface area contributed by atoms with E-state index in [0.717, 1.165) is 6.92 Å². The van der Waals surface area contributed by atoms with E-state index in [2.05, 4.69) is 0 Å². The monoisotopic (exact) mass is 186 g/mol. The van der Waals surface area contributed by atoms with Gasteiger partial charge >= 0.3 is 5.97 Å². The van der Waals surface area contributed by atoms with Gasteiger partial charge in [0.2, 0.25) is 0 Å². The fourth-order valence-electron chi connectivity index (χ4n) is 1.37. The third kappa shape index (κ3) is 1.76. The molecular formula is C9H14O4. The van der Waals surface area contributed by atoms with Gasteiger partial charge in [0.05, 0.1) is 0 Å². The second kappa shape index (κ2) is 4.16. The molecule has 1 unspecified atom stereocenters. The summed E-state index contributed by atoms with van der Waals surface area (Å²) in [5.41, 5.74) is -1.81. The second-order valence-electron chi connectivity index (χ2n) is 2.90. The zero-order chi connectivity index (χ0) is 10.6. The second-order valence-corrected chi connectivity index (χ2v) is 2.90. The van der Waals surface area contributed by atoms with Crippen molar-refractivity contribution >= 4 is 17.5 Å². The number of Topliss-reactive ketones (excluding diaryl/α,β-unsaturated/α-hetero) is 2. The lowest BCUT2D eigenvalue weighted by molar-refractivity contribution is -0.159. The number of hydrogen-bond acceptors (Lipinski definition) is 3. The highest BCUT2D eigenvalue weighted by atomic mass is 16.4. The Labute approximate surface area is 76.9 Å². The Morgan fingerprint density at radius 1 is 1.23 bits per heavy atom. The standard InChI is InChI=1S/C9H14O4/c1-4-7(11)9(5-2,6(3)10)8(12)13/h4-5H2,1-3H3,(H,12,13). The van der Waals surface area contributed by atoms with Crippen molar-refractivity contribution in [3.8, 4) is 0 Å². The molecule has 0 aliphatic heterocycles. The van der Waals surface area contributed by atoms with Crippen molar-refractivity contribution in [2.24, 2.45) is 5.41 Å². The SMILES string of the molecule is CCC(=O)C(CC)(C(C)=O)C(=O)O. The van der Waals surface area contributed by atoms with Gasteiger partial charge in [-0.2, -0.15) is 0 Å². The van der Waals surface area contributed by atoms with E-state index >= 15 is 0 Å². The van der Waals surface area contributed by atoms with E-state index in [0.29, 0.717) is 0 Å². The smallest absolute Gasteiger partial charge is 0.324 e. The van der Waals surface area contributed by atoms with Crippen LogP contribution in [0.2, 0.25) is 0 Å². The fraction of sp³-hybridized carbons (Fsp3) is 0.667. The van der Waals surface area contributed by atoms with Gasteiger partial charge in [-0.1, -0.05) is 13.8 Å². The lowest BCUT2D eigenvalue weighted by Gasteiger charge is -2.22. The van der Waals surface area contributed by atoms with Crippen LogP contribution in [0.3, 0.4) is 0 Å². The summed E-state index contributed by atoms with van der Waals surface area (Å²) in [6.45, 7) is 4.23. The van der Waals surface area contributed by atoms with E-state index in [1.165, 1.54) is 6.92 Å². The molecule has 13 heavy (non-hydrogen) atoms. The highest BCUT2D eigenvalue weighted by Crippen LogP contribution is 2.26. The molecule has 0 spiro atoms. The minimum atomic E-state index is -1.81. The lowest BCUT2D eigenvalue weighted by Crippen LogP contribution is -2.44. The van der Waals surface area contributed by atoms with Gasteiger partial charge in [-0.05, 0) is 13.3 Å². The summed E-state index contributed by atoms with van der Waals surface area (Å²) in [5.74, 6) is -2.45. The molecule has 0 fully saturated rings. The third-order valence-corrected chi connectivity index (χ3v) is 2.29. The third-order valence-electron chi connectivity index (χ3n) is 2.29. The molecule has 0 aliphatic rings.